The molecule has 13 heteroatoms. The molecule has 180 valence electrons. The first kappa shape index (κ1) is 25.3. The molecule has 2 aromatic rings. The van der Waals surface area contributed by atoms with Gasteiger partial charge in [0.25, 0.3) is 5.91 Å². The Hall–Kier alpha value is -2.34. The average molecular weight is 509 g/mol. The summed E-state index contributed by atoms with van der Waals surface area (Å²) >= 11 is 11.9. The molecule has 1 atom stereocenters. The van der Waals surface area contributed by atoms with Gasteiger partial charge in [-0.25, -0.2) is 9.78 Å². The number of aliphatic hydroxyl groups excluding tert-OH is 1. The Kier molecular flexibility index (Phi) is 8.22. The van der Waals surface area contributed by atoms with E-state index in [4.69, 9.17) is 27.9 Å². The molecule has 0 saturated carbocycles. The number of β-amino-alcohol motifs (C(OH)–C–C–N with tert-alkyl or cyclic N) is 1. The lowest BCUT2D eigenvalue weighted by Crippen LogP contribution is -2.45. The standard InChI is InChI=1S/C20H21Cl2F3N4O4/c21-15-2-1-13(7-16(15)22)33-12-3-5-29(6-4-12)10-11(30)8-26-18(31)14-9-27-19(32)28-17(14)20(23,24)25/h1-2,7,9,11-12,30H,3-6,8,10H2,(H,26,31)(H,27,28,32)/t11-/m1/s1. The first-order chi connectivity index (χ1) is 15.5. The monoisotopic (exact) mass is 508 g/mol. The van der Waals surface area contributed by atoms with Crippen LogP contribution in [0, 0.1) is 0 Å². The van der Waals surface area contributed by atoms with Gasteiger partial charge in [-0.05, 0) is 25.0 Å². The largest absolute Gasteiger partial charge is 0.490 e. The number of rotatable bonds is 7. The van der Waals surface area contributed by atoms with Crippen LogP contribution in [0.4, 0.5) is 13.2 Å². The van der Waals surface area contributed by atoms with Crippen LogP contribution in [-0.4, -0.2) is 64.3 Å². The molecule has 0 radical (unpaired) electrons. The topological polar surface area (TPSA) is 108 Å². The minimum Gasteiger partial charge on any atom is -0.490 e. The first-order valence-electron chi connectivity index (χ1n) is 9.99. The third kappa shape index (κ3) is 7.07. The second-order valence-corrected chi connectivity index (χ2v) is 8.35. The Morgan fingerprint density at radius 3 is 2.64 bits per heavy atom. The fourth-order valence-electron chi connectivity index (χ4n) is 3.41. The van der Waals surface area contributed by atoms with E-state index >= 15 is 0 Å². The maximum absolute atomic E-state index is 13.0. The maximum Gasteiger partial charge on any atom is 0.432 e. The lowest BCUT2D eigenvalue weighted by atomic mass is 10.1. The summed E-state index contributed by atoms with van der Waals surface area (Å²) in [6, 6.07) is 5.03. The molecular weight excluding hydrogens is 488 g/mol. The summed E-state index contributed by atoms with van der Waals surface area (Å²) in [7, 11) is 0. The van der Waals surface area contributed by atoms with Crippen molar-refractivity contribution >= 4 is 29.1 Å². The van der Waals surface area contributed by atoms with Gasteiger partial charge in [0.2, 0.25) is 0 Å². The van der Waals surface area contributed by atoms with E-state index in [-0.39, 0.29) is 19.2 Å². The van der Waals surface area contributed by atoms with Gasteiger partial charge in [-0.3, -0.25) is 4.79 Å². The minimum absolute atomic E-state index is 0.0381. The summed E-state index contributed by atoms with van der Waals surface area (Å²) in [6.45, 7) is 1.20. The molecule has 2 heterocycles. The molecule has 0 unspecified atom stereocenters. The number of nitrogens with zero attached hydrogens (tertiary/aromatic N) is 2. The Morgan fingerprint density at radius 2 is 2.00 bits per heavy atom. The summed E-state index contributed by atoms with van der Waals surface area (Å²) in [6.07, 6.45) is -4.04. The molecule has 0 spiro atoms. The fraction of sp³-hybridized carbons (Fsp3) is 0.450. The fourth-order valence-corrected chi connectivity index (χ4v) is 3.70. The third-order valence-electron chi connectivity index (χ3n) is 5.04. The second-order valence-electron chi connectivity index (χ2n) is 7.53. The second kappa shape index (κ2) is 10.7. The number of aromatic amines is 1. The average Bonchev–Trinajstić information content (AvgIpc) is 2.75. The number of likely N-dealkylation sites (tertiary alicyclic amines) is 1. The highest BCUT2D eigenvalue weighted by Gasteiger charge is 2.37. The molecule has 0 aliphatic carbocycles. The number of carbonyl (C=O) groups is 1. The van der Waals surface area contributed by atoms with Crippen LogP contribution in [-0.2, 0) is 6.18 Å². The Bertz CT molecular complexity index is 1040. The molecule has 0 bridgehead atoms. The SMILES string of the molecule is O=C(NC[C@@H](O)CN1CCC(Oc2ccc(Cl)c(Cl)c2)CC1)c1cnc(=O)[nH]c1C(F)(F)F. The highest BCUT2D eigenvalue weighted by Crippen LogP contribution is 2.29. The van der Waals surface area contributed by atoms with Crippen LogP contribution in [0.3, 0.4) is 0 Å². The van der Waals surface area contributed by atoms with Gasteiger partial charge in [-0.2, -0.15) is 13.2 Å². The Balaban J connectivity index is 1.45. The van der Waals surface area contributed by atoms with Gasteiger partial charge in [0.1, 0.15) is 17.5 Å². The number of hydrogen-bond donors (Lipinski definition) is 3. The van der Waals surface area contributed by atoms with Crippen LogP contribution in [0.1, 0.15) is 28.9 Å². The molecule has 1 aromatic heterocycles. The van der Waals surface area contributed by atoms with Gasteiger partial charge in [-0.1, -0.05) is 23.2 Å². The van der Waals surface area contributed by atoms with Crippen LogP contribution < -0.4 is 15.7 Å². The van der Waals surface area contributed by atoms with Gasteiger partial charge in [0, 0.05) is 38.4 Å². The van der Waals surface area contributed by atoms with Crippen molar-refractivity contribution in [1.82, 2.24) is 20.2 Å². The third-order valence-corrected chi connectivity index (χ3v) is 5.77. The maximum atomic E-state index is 13.0. The minimum atomic E-state index is -4.93. The van der Waals surface area contributed by atoms with Crippen molar-refractivity contribution < 1.29 is 27.8 Å². The zero-order valence-electron chi connectivity index (χ0n) is 17.2. The molecule has 3 rings (SSSR count). The van der Waals surface area contributed by atoms with Gasteiger partial charge in [0.15, 0.2) is 0 Å². The van der Waals surface area contributed by atoms with E-state index in [0.717, 1.165) is 0 Å². The zero-order chi connectivity index (χ0) is 24.2. The normalized spacial score (nSPS) is 16.4. The van der Waals surface area contributed by atoms with E-state index in [1.807, 2.05) is 4.90 Å². The Morgan fingerprint density at radius 1 is 1.30 bits per heavy atom. The van der Waals surface area contributed by atoms with Gasteiger partial charge < -0.3 is 25.0 Å². The number of carbonyl (C=O) groups excluding carboxylic acids is 1. The van der Waals surface area contributed by atoms with E-state index in [9.17, 15) is 27.9 Å². The van der Waals surface area contributed by atoms with Crippen molar-refractivity contribution in [3.63, 3.8) is 0 Å². The number of nitrogens with one attached hydrogen (secondary N) is 2. The molecule has 1 aliphatic rings. The molecule has 8 nitrogen and oxygen atoms in total. The first-order valence-corrected chi connectivity index (χ1v) is 10.8. The van der Waals surface area contributed by atoms with Crippen molar-refractivity contribution in [2.24, 2.45) is 0 Å². The lowest BCUT2D eigenvalue weighted by Gasteiger charge is -2.33. The summed E-state index contributed by atoms with van der Waals surface area (Å²) in [4.78, 5) is 29.9. The number of piperidine rings is 1. The van der Waals surface area contributed by atoms with E-state index in [0.29, 0.717) is 47.9 Å². The number of H-pyrrole nitrogens is 1. The molecule has 1 aromatic carbocycles. The molecule has 1 fully saturated rings. The number of aliphatic hydroxyl groups is 1. The summed E-state index contributed by atoms with van der Waals surface area (Å²) in [5.74, 6) is -0.487. The van der Waals surface area contributed by atoms with Gasteiger partial charge in [0.05, 0.1) is 21.7 Å². The predicted molar refractivity (Wildman–Crippen MR) is 115 cm³/mol. The summed E-state index contributed by atoms with van der Waals surface area (Å²) in [5, 5.41) is 13.3. The quantitative estimate of drug-likeness (QED) is 0.530. The van der Waals surface area contributed by atoms with Crippen LogP contribution >= 0.6 is 23.2 Å². The molecule has 3 N–H and O–H groups in total. The smallest absolute Gasteiger partial charge is 0.432 e. The van der Waals surface area contributed by atoms with E-state index < -0.39 is 35.1 Å². The summed E-state index contributed by atoms with van der Waals surface area (Å²) < 4.78 is 45.0. The van der Waals surface area contributed by atoms with Crippen LogP contribution in [0.2, 0.25) is 10.0 Å². The van der Waals surface area contributed by atoms with Gasteiger partial charge >= 0.3 is 11.9 Å². The summed E-state index contributed by atoms with van der Waals surface area (Å²) in [5.41, 5.74) is -3.53. The zero-order valence-corrected chi connectivity index (χ0v) is 18.7. The molecular formula is C20H21Cl2F3N4O4. The molecule has 33 heavy (non-hydrogen) atoms. The van der Waals surface area contributed by atoms with E-state index in [1.54, 1.807) is 18.2 Å². The van der Waals surface area contributed by atoms with Crippen molar-refractivity contribution in [3.8, 4) is 5.75 Å². The van der Waals surface area contributed by atoms with Crippen molar-refractivity contribution in [2.75, 3.05) is 26.2 Å². The van der Waals surface area contributed by atoms with Crippen molar-refractivity contribution in [2.45, 2.75) is 31.2 Å². The number of ether oxygens (including phenoxy) is 1. The molecule has 1 aliphatic heterocycles. The van der Waals surface area contributed by atoms with E-state index in [2.05, 4.69) is 10.3 Å². The number of alkyl halides is 3. The number of aromatic nitrogens is 2. The molecule has 1 saturated heterocycles. The molecule has 1 amide bonds. The lowest BCUT2D eigenvalue weighted by molar-refractivity contribution is -0.141. The number of hydrogen-bond acceptors (Lipinski definition) is 6. The van der Waals surface area contributed by atoms with Crippen LogP contribution in [0.25, 0.3) is 0 Å². The highest BCUT2D eigenvalue weighted by atomic mass is 35.5. The number of amides is 1. The van der Waals surface area contributed by atoms with Crippen molar-refractivity contribution in [3.05, 3.63) is 56.2 Å². The Labute approximate surface area is 196 Å². The van der Waals surface area contributed by atoms with Crippen molar-refractivity contribution in [1.29, 1.82) is 0 Å². The predicted octanol–water partition coefficient (Wildman–Crippen LogP) is 2.73. The van der Waals surface area contributed by atoms with Gasteiger partial charge in [-0.15, -0.1) is 0 Å². The highest BCUT2D eigenvalue weighted by molar-refractivity contribution is 6.42. The number of benzene rings is 1. The van der Waals surface area contributed by atoms with E-state index in [1.165, 1.54) is 4.98 Å². The number of halogens is 5. The van der Waals surface area contributed by atoms with Crippen LogP contribution in [0.15, 0.2) is 29.2 Å². The van der Waals surface area contributed by atoms with Crippen LogP contribution in [0.5, 0.6) is 5.75 Å².